The van der Waals surface area contributed by atoms with E-state index in [1.165, 1.54) is 48.8 Å². The Morgan fingerprint density at radius 2 is 1.00 bits per heavy atom. The zero-order valence-electron chi connectivity index (χ0n) is 14.5. The molecule has 0 aliphatic carbocycles. The first-order chi connectivity index (χ1) is 13.5. The Bertz CT molecular complexity index is 1050. The molecule has 138 valence electrons. The lowest BCUT2D eigenvalue weighted by Gasteiger charge is -2.07. The standard InChI is InChI=1S/C22H14F2N2O2/c23-15-3-7-21(27)17(9-15)13-1-5-19(25-11-13)20-6-2-14(12-26-20)18-10-16(24)4-8-22(18)28/h1-12,27-28H. The molecular formula is C22H14F2N2O2. The second-order valence-corrected chi connectivity index (χ2v) is 6.19. The summed E-state index contributed by atoms with van der Waals surface area (Å²) in [5.74, 6) is -0.967. The van der Waals surface area contributed by atoms with Crippen LogP contribution in [0.2, 0.25) is 0 Å². The van der Waals surface area contributed by atoms with E-state index < -0.39 is 11.6 Å². The summed E-state index contributed by atoms with van der Waals surface area (Å²) in [5, 5.41) is 19.8. The maximum Gasteiger partial charge on any atom is 0.124 e. The summed E-state index contributed by atoms with van der Waals surface area (Å²) in [5.41, 5.74) is 3.00. The average molecular weight is 376 g/mol. The van der Waals surface area contributed by atoms with Gasteiger partial charge in [-0.2, -0.15) is 0 Å². The third-order valence-electron chi connectivity index (χ3n) is 4.33. The Morgan fingerprint density at radius 1 is 0.571 bits per heavy atom. The molecule has 2 aromatic carbocycles. The van der Waals surface area contributed by atoms with Crippen LogP contribution in [-0.2, 0) is 0 Å². The zero-order chi connectivity index (χ0) is 19.7. The van der Waals surface area contributed by atoms with Crippen molar-refractivity contribution in [3.8, 4) is 45.1 Å². The third-order valence-corrected chi connectivity index (χ3v) is 4.33. The second kappa shape index (κ2) is 7.08. The monoisotopic (exact) mass is 376 g/mol. The first-order valence-electron chi connectivity index (χ1n) is 8.41. The number of hydrogen-bond acceptors (Lipinski definition) is 4. The van der Waals surface area contributed by atoms with Crippen LogP contribution in [0.4, 0.5) is 8.78 Å². The van der Waals surface area contributed by atoms with Gasteiger partial charge in [0.1, 0.15) is 23.1 Å². The molecule has 2 N–H and O–H groups in total. The van der Waals surface area contributed by atoms with Crippen molar-refractivity contribution in [3.05, 3.63) is 84.7 Å². The largest absolute Gasteiger partial charge is 0.507 e. The maximum atomic E-state index is 13.4. The van der Waals surface area contributed by atoms with E-state index in [2.05, 4.69) is 9.97 Å². The van der Waals surface area contributed by atoms with Crippen molar-refractivity contribution in [2.45, 2.75) is 0 Å². The van der Waals surface area contributed by atoms with Gasteiger partial charge in [0.25, 0.3) is 0 Å². The third kappa shape index (κ3) is 3.40. The summed E-state index contributed by atoms with van der Waals surface area (Å²) >= 11 is 0. The van der Waals surface area contributed by atoms with Gasteiger partial charge < -0.3 is 10.2 Å². The minimum atomic E-state index is -0.449. The number of benzene rings is 2. The summed E-state index contributed by atoms with van der Waals surface area (Å²) in [6.45, 7) is 0. The first-order valence-corrected chi connectivity index (χ1v) is 8.41. The fourth-order valence-electron chi connectivity index (χ4n) is 2.89. The fourth-order valence-corrected chi connectivity index (χ4v) is 2.89. The van der Waals surface area contributed by atoms with Crippen LogP contribution >= 0.6 is 0 Å². The van der Waals surface area contributed by atoms with Crippen molar-refractivity contribution < 1.29 is 19.0 Å². The predicted octanol–water partition coefficient (Wildman–Crippen LogP) is 5.17. The fraction of sp³-hybridized carbons (Fsp3) is 0. The van der Waals surface area contributed by atoms with Crippen LogP contribution in [-0.4, -0.2) is 20.2 Å². The molecule has 0 amide bonds. The Labute approximate surface area is 159 Å². The van der Waals surface area contributed by atoms with Crippen molar-refractivity contribution in [2.75, 3.05) is 0 Å². The Balaban J connectivity index is 1.63. The molecule has 4 aromatic rings. The summed E-state index contributed by atoms with van der Waals surface area (Å²) in [6, 6.07) is 14.3. The highest BCUT2D eigenvalue weighted by molar-refractivity contribution is 5.73. The number of hydrogen-bond donors (Lipinski definition) is 2. The number of nitrogens with zero attached hydrogens (tertiary/aromatic N) is 2. The van der Waals surface area contributed by atoms with Crippen molar-refractivity contribution >= 4 is 0 Å². The van der Waals surface area contributed by atoms with Gasteiger partial charge in [-0.3, -0.25) is 9.97 Å². The predicted molar refractivity (Wildman–Crippen MR) is 102 cm³/mol. The summed E-state index contributed by atoms with van der Waals surface area (Å²) < 4.78 is 26.9. The molecule has 6 heteroatoms. The van der Waals surface area contributed by atoms with Crippen LogP contribution in [0.3, 0.4) is 0 Å². The van der Waals surface area contributed by atoms with Crippen molar-refractivity contribution in [2.24, 2.45) is 0 Å². The zero-order valence-corrected chi connectivity index (χ0v) is 14.5. The molecule has 0 unspecified atom stereocenters. The van der Waals surface area contributed by atoms with Gasteiger partial charge in [0.15, 0.2) is 0 Å². The normalized spacial score (nSPS) is 10.8. The molecule has 4 nitrogen and oxygen atoms in total. The van der Waals surface area contributed by atoms with E-state index in [0.717, 1.165) is 0 Å². The molecule has 0 fully saturated rings. The van der Waals surface area contributed by atoms with Gasteiger partial charge in [0.2, 0.25) is 0 Å². The van der Waals surface area contributed by atoms with E-state index in [0.29, 0.717) is 33.6 Å². The van der Waals surface area contributed by atoms with E-state index in [1.54, 1.807) is 24.3 Å². The lowest BCUT2D eigenvalue weighted by Crippen LogP contribution is -1.90. The summed E-state index contributed by atoms with van der Waals surface area (Å²) in [4.78, 5) is 8.65. The lowest BCUT2D eigenvalue weighted by molar-refractivity contribution is 0.475. The van der Waals surface area contributed by atoms with Gasteiger partial charge in [-0.1, -0.05) is 12.1 Å². The van der Waals surface area contributed by atoms with Crippen molar-refractivity contribution in [1.82, 2.24) is 9.97 Å². The van der Waals surface area contributed by atoms with Gasteiger partial charge in [-0.25, -0.2) is 8.78 Å². The van der Waals surface area contributed by atoms with Crippen LogP contribution in [0.25, 0.3) is 33.6 Å². The van der Waals surface area contributed by atoms with E-state index >= 15 is 0 Å². The number of rotatable bonds is 3. The van der Waals surface area contributed by atoms with Crippen molar-refractivity contribution in [3.63, 3.8) is 0 Å². The van der Waals surface area contributed by atoms with E-state index in [9.17, 15) is 19.0 Å². The molecule has 2 heterocycles. The molecule has 0 saturated heterocycles. The second-order valence-electron chi connectivity index (χ2n) is 6.19. The molecule has 0 aliphatic rings. The number of aromatic hydroxyl groups is 2. The van der Waals surface area contributed by atoms with E-state index in [-0.39, 0.29) is 11.5 Å². The molecule has 0 radical (unpaired) electrons. The number of phenolic OH excluding ortho intramolecular Hbond substituents is 2. The van der Waals surface area contributed by atoms with Gasteiger partial charge >= 0.3 is 0 Å². The molecule has 0 spiro atoms. The summed E-state index contributed by atoms with van der Waals surface area (Å²) in [6.07, 6.45) is 3.05. The Morgan fingerprint density at radius 3 is 1.36 bits per heavy atom. The molecular weight excluding hydrogens is 362 g/mol. The van der Waals surface area contributed by atoms with Gasteiger partial charge in [0.05, 0.1) is 11.4 Å². The highest BCUT2D eigenvalue weighted by Gasteiger charge is 2.10. The number of pyridine rings is 2. The summed E-state index contributed by atoms with van der Waals surface area (Å²) in [7, 11) is 0. The van der Waals surface area contributed by atoms with Gasteiger partial charge in [0, 0.05) is 34.6 Å². The van der Waals surface area contributed by atoms with Gasteiger partial charge in [-0.15, -0.1) is 0 Å². The van der Waals surface area contributed by atoms with Crippen LogP contribution in [0.15, 0.2) is 73.1 Å². The number of halogens is 2. The molecule has 4 rings (SSSR count). The minimum absolute atomic E-state index is 0.0340. The van der Waals surface area contributed by atoms with E-state index in [4.69, 9.17) is 0 Å². The highest BCUT2D eigenvalue weighted by atomic mass is 19.1. The minimum Gasteiger partial charge on any atom is -0.507 e. The average Bonchev–Trinajstić information content (AvgIpc) is 2.72. The van der Waals surface area contributed by atoms with E-state index in [1.807, 2.05) is 0 Å². The molecule has 0 aliphatic heterocycles. The van der Waals surface area contributed by atoms with Crippen LogP contribution in [0.1, 0.15) is 0 Å². The lowest BCUT2D eigenvalue weighted by atomic mass is 10.0. The SMILES string of the molecule is Oc1ccc(F)cc1-c1ccc(-c2ccc(-c3cc(F)ccc3O)cn2)nc1. The Hall–Kier alpha value is -3.80. The van der Waals surface area contributed by atoms with Crippen LogP contribution < -0.4 is 0 Å². The quantitative estimate of drug-likeness (QED) is 0.518. The highest BCUT2D eigenvalue weighted by Crippen LogP contribution is 2.32. The smallest absolute Gasteiger partial charge is 0.124 e. The Kier molecular flexibility index (Phi) is 4.45. The van der Waals surface area contributed by atoms with Crippen LogP contribution in [0.5, 0.6) is 11.5 Å². The maximum absolute atomic E-state index is 13.4. The molecule has 0 bridgehead atoms. The van der Waals surface area contributed by atoms with Crippen molar-refractivity contribution in [1.29, 1.82) is 0 Å². The topological polar surface area (TPSA) is 66.2 Å². The first kappa shape index (κ1) is 17.6. The van der Waals surface area contributed by atoms with Gasteiger partial charge in [-0.05, 0) is 48.5 Å². The molecule has 28 heavy (non-hydrogen) atoms. The number of phenols is 2. The van der Waals surface area contributed by atoms with Crippen LogP contribution in [0, 0.1) is 11.6 Å². The molecule has 2 aromatic heterocycles. The molecule has 0 saturated carbocycles. The molecule has 0 atom stereocenters. The number of aromatic nitrogens is 2.